The average Bonchev–Trinajstić information content (AvgIpc) is 2.92. The molecule has 8 nitrogen and oxygen atoms in total. The summed E-state index contributed by atoms with van der Waals surface area (Å²) < 4.78 is 20.9. The molecule has 0 spiro atoms. The van der Waals surface area contributed by atoms with Gasteiger partial charge in [-0.25, -0.2) is 9.37 Å². The molecule has 9 heteroatoms. The van der Waals surface area contributed by atoms with Crippen LogP contribution in [0.2, 0.25) is 0 Å². The van der Waals surface area contributed by atoms with E-state index in [9.17, 15) is 19.7 Å². The smallest absolute Gasteiger partial charge is 0.270 e. The Labute approximate surface area is 221 Å². The number of nitrogens with zero attached hydrogens (tertiary/aromatic N) is 6. The number of fused-ring (bicyclic) bond motifs is 1. The second-order valence-corrected chi connectivity index (χ2v) is 10.3. The largest absolute Gasteiger partial charge is 0.494 e. The summed E-state index contributed by atoms with van der Waals surface area (Å²) in [4.78, 5) is 22.0. The predicted molar refractivity (Wildman–Crippen MR) is 144 cm³/mol. The molecule has 5 rings (SSSR count). The number of aromatic nitrogens is 2. The van der Waals surface area contributed by atoms with Crippen molar-refractivity contribution in [2.24, 2.45) is 7.05 Å². The van der Waals surface area contributed by atoms with Crippen LogP contribution in [0.25, 0.3) is 11.0 Å². The summed E-state index contributed by atoms with van der Waals surface area (Å²) in [5.74, 6) is 0.243. The van der Waals surface area contributed by atoms with Crippen molar-refractivity contribution in [3.63, 3.8) is 0 Å². The number of hydrogen-bond donors (Lipinski definition) is 0. The van der Waals surface area contributed by atoms with Crippen LogP contribution >= 0.6 is 0 Å². The molecule has 2 aliphatic rings. The first kappa shape index (κ1) is 25.5. The van der Waals surface area contributed by atoms with Crippen LogP contribution in [0.1, 0.15) is 56.2 Å². The minimum atomic E-state index is -0.374. The fraction of sp³-hybridized carbons (Fsp3) is 0.448. The molecule has 2 saturated carbocycles. The number of methoxy groups -OCH3 is 1. The van der Waals surface area contributed by atoms with E-state index in [1.807, 2.05) is 18.0 Å². The fourth-order valence-electron chi connectivity index (χ4n) is 6.03. The second kappa shape index (κ2) is 10.3. The summed E-state index contributed by atoms with van der Waals surface area (Å²) in [6, 6.07) is 13.0. The van der Waals surface area contributed by atoms with Crippen molar-refractivity contribution in [3.8, 4) is 17.9 Å². The lowest BCUT2D eigenvalue weighted by molar-refractivity contribution is 0.298. The standard InChI is InChI=1S/C29H31FN6O2/c1-34(28-23(17-32)29(37)35(2)25-14-8-19(16-31)33-27(25)28)20-9-11-22(12-10-20)36(21-5-4-6-21)24-13-7-18(30)15-26(24)38-3/h7-8,13-15,20-22H,4-6,9-12H2,1-3H3. The van der Waals surface area contributed by atoms with Gasteiger partial charge in [-0.2, -0.15) is 10.5 Å². The van der Waals surface area contributed by atoms with Gasteiger partial charge in [0.05, 0.1) is 24.0 Å². The number of nitriles is 2. The normalized spacial score (nSPS) is 19.3. The summed E-state index contributed by atoms with van der Waals surface area (Å²) in [6.07, 6.45) is 6.94. The first-order valence-electron chi connectivity index (χ1n) is 13.1. The van der Waals surface area contributed by atoms with Gasteiger partial charge in [-0.15, -0.1) is 0 Å². The number of hydrogen-bond acceptors (Lipinski definition) is 7. The molecule has 2 heterocycles. The minimum absolute atomic E-state index is 0.0411. The van der Waals surface area contributed by atoms with Gasteiger partial charge in [0.1, 0.15) is 40.5 Å². The van der Waals surface area contributed by atoms with E-state index in [-0.39, 0.29) is 34.7 Å². The van der Waals surface area contributed by atoms with Gasteiger partial charge in [-0.1, -0.05) is 0 Å². The molecule has 0 radical (unpaired) electrons. The SMILES string of the molecule is COc1cc(F)ccc1N(C1CCC1)C1CCC(N(C)c2c(C#N)c(=O)n(C)c3ccc(C#N)nc23)CC1. The Morgan fingerprint density at radius 1 is 1.03 bits per heavy atom. The molecule has 0 bridgehead atoms. The van der Waals surface area contributed by atoms with Crippen molar-refractivity contribution in [1.82, 2.24) is 9.55 Å². The zero-order valence-corrected chi connectivity index (χ0v) is 21.9. The van der Waals surface area contributed by atoms with Gasteiger partial charge in [0, 0.05) is 38.3 Å². The van der Waals surface area contributed by atoms with Crippen molar-refractivity contribution in [2.75, 3.05) is 24.0 Å². The molecule has 0 aliphatic heterocycles. The third kappa shape index (κ3) is 4.32. The minimum Gasteiger partial charge on any atom is -0.494 e. The van der Waals surface area contributed by atoms with Crippen LogP contribution in [-0.4, -0.2) is 41.8 Å². The highest BCUT2D eigenvalue weighted by molar-refractivity contribution is 5.92. The molecule has 0 amide bonds. The number of halogens is 1. The lowest BCUT2D eigenvalue weighted by Gasteiger charge is -2.48. The average molecular weight is 515 g/mol. The van der Waals surface area contributed by atoms with Crippen LogP contribution in [0.5, 0.6) is 5.75 Å². The number of rotatable bonds is 6. The van der Waals surface area contributed by atoms with Gasteiger partial charge in [-0.05, 0) is 69.2 Å². The van der Waals surface area contributed by atoms with E-state index in [1.54, 1.807) is 26.3 Å². The highest BCUT2D eigenvalue weighted by Crippen LogP contribution is 2.41. The molecule has 196 valence electrons. The van der Waals surface area contributed by atoms with Gasteiger partial charge < -0.3 is 19.1 Å². The molecule has 3 aromatic rings. The van der Waals surface area contributed by atoms with E-state index in [0.717, 1.165) is 44.2 Å². The predicted octanol–water partition coefficient (Wildman–Crippen LogP) is 4.63. The molecular weight excluding hydrogens is 483 g/mol. The highest BCUT2D eigenvalue weighted by atomic mass is 19.1. The molecule has 0 unspecified atom stereocenters. The van der Waals surface area contributed by atoms with E-state index in [0.29, 0.717) is 28.5 Å². The highest BCUT2D eigenvalue weighted by Gasteiger charge is 2.36. The number of benzene rings is 1. The van der Waals surface area contributed by atoms with Gasteiger partial charge in [0.2, 0.25) is 0 Å². The van der Waals surface area contributed by atoms with Crippen molar-refractivity contribution in [2.45, 2.75) is 63.1 Å². The molecule has 0 N–H and O–H groups in total. The van der Waals surface area contributed by atoms with Crippen molar-refractivity contribution in [1.29, 1.82) is 10.5 Å². The first-order chi connectivity index (χ1) is 18.4. The van der Waals surface area contributed by atoms with E-state index >= 15 is 0 Å². The van der Waals surface area contributed by atoms with Crippen LogP contribution in [0.15, 0.2) is 35.1 Å². The van der Waals surface area contributed by atoms with E-state index in [1.165, 1.54) is 23.1 Å². The first-order valence-corrected chi connectivity index (χ1v) is 13.1. The van der Waals surface area contributed by atoms with Crippen molar-refractivity contribution in [3.05, 3.63) is 57.8 Å². The summed E-state index contributed by atoms with van der Waals surface area (Å²) in [5.41, 5.74) is 2.40. The number of pyridine rings is 2. The van der Waals surface area contributed by atoms with E-state index in [4.69, 9.17) is 4.74 Å². The zero-order valence-electron chi connectivity index (χ0n) is 21.9. The summed E-state index contributed by atoms with van der Waals surface area (Å²) in [5, 5.41) is 19.4. The Hall–Kier alpha value is -4.11. The quantitative estimate of drug-likeness (QED) is 0.473. The molecule has 2 aliphatic carbocycles. The van der Waals surface area contributed by atoms with E-state index < -0.39 is 0 Å². The molecule has 0 atom stereocenters. The van der Waals surface area contributed by atoms with E-state index in [2.05, 4.69) is 22.0 Å². The van der Waals surface area contributed by atoms with Gasteiger partial charge >= 0.3 is 0 Å². The topological polar surface area (TPSA) is 98.2 Å². The summed E-state index contributed by atoms with van der Waals surface area (Å²) in [7, 11) is 5.11. The Balaban J connectivity index is 1.45. The lowest BCUT2D eigenvalue weighted by Crippen LogP contribution is -2.50. The number of aryl methyl sites for hydroxylation is 1. The maximum Gasteiger partial charge on any atom is 0.270 e. The van der Waals surface area contributed by atoms with Crippen LogP contribution < -0.4 is 20.1 Å². The molecule has 0 saturated heterocycles. The second-order valence-electron chi connectivity index (χ2n) is 10.3. The number of anilines is 2. The Bertz CT molecular complexity index is 1510. The zero-order chi connectivity index (χ0) is 27.0. The monoisotopic (exact) mass is 514 g/mol. The van der Waals surface area contributed by atoms with Crippen LogP contribution in [-0.2, 0) is 7.05 Å². The Morgan fingerprint density at radius 2 is 1.71 bits per heavy atom. The molecular formula is C29H31FN6O2. The van der Waals surface area contributed by atoms with Crippen LogP contribution in [0.4, 0.5) is 15.8 Å². The summed E-state index contributed by atoms with van der Waals surface area (Å²) >= 11 is 0. The molecule has 38 heavy (non-hydrogen) atoms. The maximum absolute atomic E-state index is 13.9. The summed E-state index contributed by atoms with van der Waals surface area (Å²) in [6.45, 7) is 0. The van der Waals surface area contributed by atoms with Crippen LogP contribution in [0.3, 0.4) is 0 Å². The Kier molecular flexibility index (Phi) is 6.94. The van der Waals surface area contributed by atoms with Crippen molar-refractivity contribution < 1.29 is 9.13 Å². The molecule has 2 fully saturated rings. The third-order valence-corrected chi connectivity index (χ3v) is 8.29. The molecule has 1 aromatic carbocycles. The van der Waals surface area contributed by atoms with Gasteiger partial charge in [-0.3, -0.25) is 4.79 Å². The van der Waals surface area contributed by atoms with Crippen LogP contribution in [0, 0.1) is 28.5 Å². The number of ether oxygens (including phenoxy) is 1. The molecule has 2 aromatic heterocycles. The third-order valence-electron chi connectivity index (χ3n) is 8.29. The fourth-order valence-corrected chi connectivity index (χ4v) is 6.03. The lowest BCUT2D eigenvalue weighted by atomic mass is 9.84. The van der Waals surface area contributed by atoms with Gasteiger partial charge in [0.15, 0.2) is 0 Å². The maximum atomic E-state index is 13.9. The Morgan fingerprint density at radius 3 is 2.32 bits per heavy atom. The van der Waals surface area contributed by atoms with Crippen molar-refractivity contribution >= 4 is 22.4 Å². The van der Waals surface area contributed by atoms with Gasteiger partial charge in [0.25, 0.3) is 5.56 Å².